The van der Waals surface area contributed by atoms with Crippen LogP contribution in [0.3, 0.4) is 0 Å². The van der Waals surface area contributed by atoms with Crippen LogP contribution >= 0.6 is 11.3 Å². The smallest absolute Gasteiger partial charge is 0.409 e. The van der Waals surface area contributed by atoms with Crippen LogP contribution in [0.2, 0.25) is 0 Å². The van der Waals surface area contributed by atoms with E-state index >= 15 is 0 Å². The summed E-state index contributed by atoms with van der Waals surface area (Å²) in [6.07, 6.45) is 6.88. The summed E-state index contributed by atoms with van der Waals surface area (Å²) in [5.74, 6) is 0.0941. The first kappa shape index (κ1) is 17.1. The zero-order valence-electron chi connectivity index (χ0n) is 14.9. The van der Waals surface area contributed by atoms with E-state index in [0.717, 1.165) is 29.8 Å². The van der Waals surface area contributed by atoms with E-state index in [9.17, 15) is 9.59 Å². The summed E-state index contributed by atoms with van der Waals surface area (Å²) in [5.41, 5.74) is 2.10. The molecule has 0 saturated carbocycles. The van der Waals surface area contributed by atoms with Crippen molar-refractivity contribution in [1.82, 2.24) is 14.4 Å². The number of piperazine rings is 1. The van der Waals surface area contributed by atoms with Gasteiger partial charge in [-0.2, -0.15) is 0 Å². The summed E-state index contributed by atoms with van der Waals surface area (Å²) in [6.45, 7) is 4.32. The molecule has 2 aliphatic rings. The molecule has 2 aromatic heterocycles. The number of fused-ring (bicyclic) bond motifs is 1. The number of ether oxygens (including phenoxy) is 1. The number of rotatable bonds is 3. The van der Waals surface area contributed by atoms with Crippen LogP contribution in [0.5, 0.6) is 0 Å². The van der Waals surface area contributed by atoms with Crippen molar-refractivity contribution in [3.05, 3.63) is 40.5 Å². The number of thiophene rings is 1. The van der Waals surface area contributed by atoms with Crippen molar-refractivity contribution < 1.29 is 14.3 Å². The summed E-state index contributed by atoms with van der Waals surface area (Å²) < 4.78 is 7.11. The number of hydrogen-bond donors (Lipinski definition) is 0. The Labute approximate surface area is 157 Å². The second-order valence-electron chi connectivity index (χ2n) is 6.61. The van der Waals surface area contributed by atoms with E-state index in [-0.39, 0.29) is 12.0 Å². The number of aromatic nitrogens is 1. The SMILES string of the molecule is CCOC(=O)N1CCN(C(=O)c2c(-n3cccc3)sc3c2CCC3)CC1. The molecule has 138 valence electrons. The van der Waals surface area contributed by atoms with Gasteiger partial charge in [-0.15, -0.1) is 11.3 Å². The third-order valence-corrected chi connectivity index (χ3v) is 6.35. The lowest BCUT2D eigenvalue weighted by atomic mass is 10.1. The van der Waals surface area contributed by atoms with Gasteiger partial charge in [0.25, 0.3) is 5.91 Å². The molecular formula is C19H23N3O3S. The molecule has 0 aromatic carbocycles. The molecule has 0 unspecified atom stereocenters. The summed E-state index contributed by atoms with van der Waals surface area (Å²) in [7, 11) is 0. The van der Waals surface area contributed by atoms with Gasteiger partial charge in [0.15, 0.2) is 0 Å². The third-order valence-electron chi connectivity index (χ3n) is 5.05. The largest absolute Gasteiger partial charge is 0.450 e. The minimum atomic E-state index is -0.288. The lowest BCUT2D eigenvalue weighted by Gasteiger charge is -2.34. The van der Waals surface area contributed by atoms with Gasteiger partial charge in [0.05, 0.1) is 12.2 Å². The monoisotopic (exact) mass is 373 g/mol. The van der Waals surface area contributed by atoms with Crippen molar-refractivity contribution in [2.24, 2.45) is 0 Å². The van der Waals surface area contributed by atoms with Gasteiger partial charge in [-0.3, -0.25) is 4.79 Å². The van der Waals surface area contributed by atoms with Crippen molar-refractivity contribution in [1.29, 1.82) is 0 Å². The molecule has 7 heteroatoms. The molecule has 1 fully saturated rings. The van der Waals surface area contributed by atoms with Gasteiger partial charge in [0.2, 0.25) is 0 Å². The molecular weight excluding hydrogens is 350 g/mol. The van der Waals surface area contributed by atoms with Crippen LogP contribution in [0.1, 0.15) is 34.1 Å². The topological polar surface area (TPSA) is 54.8 Å². The molecule has 4 rings (SSSR count). The number of carbonyl (C=O) groups is 2. The first-order valence-corrected chi connectivity index (χ1v) is 9.99. The van der Waals surface area contributed by atoms with Crippen LogP contribution in [-0.2, 0) is 17.6 Å². The lowest BCUT2D eigenvalue weighted by Crippen LogP contribution is -2.50. The fraction of sp³-hybridized carbons (Fsp3) is 0.474. The normalized spacial score (nSPS) is 16.7. The first-order chi connectivity index (χ1) is 12.7. The zero-order chi connectivity index (χ0) is 18.1. The maximum atomic E-state index is 13.3. The average molecular weight is 373 g/mol. The molecule has 26 heavy (non-hydrogen) atoms. The maximum absolute atomic E-state index is 13.3. The van der Waals surface area contributed by atoms with Crippen LogP contribution in [0, 0.1) is 0 Å². The van der Waals surface area contributed by atoms with Crippen molar-refractivity contribution >= 4 is 23.3 Å². The van der Waals surface area contributed by atoms with E-state index in [1.54, 1.807) is 23.2 Å². The van der Waals surface area contributed by atoms with Crippen molar-refractivity contribution in [2.75, 3.05) is 32.8 Å². The number of carbonyl (C=O) groups excluding carboxylic acids is 2. The van der Waals surface area contributed by atoms with E-state index in [1.807, 2.05) is 34.0 Å². The molecule has 3 heterocycles. The molecule has 0 N–H and O–H groups in total. The van der Waals surface area contributed by atoms with E-state index in [0.29, 0.717) is 32.8 Å². The molecule has 1 aliphatic heterocycles. The zero-order valence-corrected chi connectivity index (χ0v) is 15.8. The Hall–Kier alpha value is -2.28. The Bertz CT molecular complexity index is 804. The van der Waals surface area contributed by atoms with Gasteiger partial charge in [-0.1, -0.05) is 0 Å². The first-order valence-electron chi connectivity index (χ1n) is 9.18. The van der Waals surface area contributed by atoms with Crippen molar-refractivity contribution in [3.63, 3.8) is 0 Å². The molecule has 2 aromatic rings. The molecule has 6 nitrogen and oxygen atoms in total. The van der Waals surface area contributed by atoms with Crippen LogP contribution < -0.4 is 0 Å². The molecule has 2 amide bonds. The molecule has 0 spiro atoms. The Morgan fingerprint density at radius 1 is 1.08 bits per heavy atom. The molecule has 1 saturated heterocycles. The van der Waals surface area contributed by atoms with Gasteiger partial charge in [-0.05, 0) is 43.9 Å². The second-order valence-corrected chi connectivity index (χ2v) is 7.69. The molecule has 0 atom stereocenters. The third kappa shape index (κ3) is 3.00. The van der Waals surface area contributed by atoms with E-state index < -0.39 is 0 Å². The minimum Gasteiger partial charge on any atom is -0.450 e. The van der Waals surface area contributed by atoms with E-state index in [1.165, 1.54) is 10.4 Å². The Morgan fingerprint density at radius 2 is 1.77 bits per heavy atom. The summed E-state index contributed by atoms with van der Waals surface area (Å²) in [6, 6.07) is 3.97. The number of aryl methyl sites for hydroxylation is 1. The van der Waals surface area contributed by atoms with Crippen molar-refractivity contribution in [3.8, 4) is 5.00 Å². The van der Waals surface area contributed by atoms with Crippen LogP contribution in [0.25, 0.3) is 5.00 Å². The standard InChI is InChI=1S/C19H23N3O3S/c1-2-25-19(24)22-12-10-20(11-13-22)17(23)16-14-6-5-7-15(14)26-18(16)21-8-3-4-9-21/h3-4,8-9H,2,5-7,10-13H2,1H3. The summed E-state index contributed by atoms with van der Waals surface area (Å²) in [5, 5.41) is 1.03. The van der Waals surface area contributed by atoms with Crippen LogP contribution in [0.4, 0.5) is 4.79 Å². The number of amides is 2. The Morgan fingerprint density at radius 3 is 2.46 bits per heavy atom. The van der Waals surface area contributed by atoms with E-state index in [4.69, 9.17) is 4.74 Å². The lowest BCUT2D eigenvalue weighted by molar-refractivity contribution is 0.0570. The van der Waals surface area contributed by atoms with Crippen LogP contribution in [0.15, 0.2) is 24.5 Å². The van der Waals surface area contributed by atoms with Crippen LogP contribution in [-0.4, -0.2) is 59.2 Å². The van der Waals surface area contributed by atoms with Gasteiger partial charge in [0.1, 0.15) is 5.00 Å². The molecule has 0 radical (unpaired) electrons. The summed E-state index contributed by atoms with van der Waals surface area (Å²) >= 11 is 1.74. The maximum Gasteiger partial charge on any atom is 0.409 e. The van der Waals surface area contributed by atoms with E-state index in [2.05, 4.69) is 0 Å². The predicted octanol–water partition coefficient (Wildman–Crippen LogP) is 2.94. The highest BCUT2D eigenvalue weighted by Gasteiger charge is 2.32. The number of nitrogens with zero attached hydrogens (tertiary/aromatic N) is 3. The highest BCUT2D eigenvalue weighted by molar-refractivity contribution is 7.15. The average Bonchev–Trinajstić information content (AvgIpc) is 3.37. The highest BCUT2D eigenvalue weighted by atomic mass is 32.1. The number of hydrogen-bond acceptors (Lipinski definition) is 4. The molecule has 1 aliphatic carbocycles. The van der Waals surface area contributed by atoms with Gasteiger partial charge < -0.3 is 19.1 Å². The summed E-state index contributed by atoms with van der Waals surface area (Å²) in [4.78, 5) is 30.1. The van der Waals surface area contributed by atoms with Gasteiger partial charge in [0, 0.05) is 43.4 Å². The quantitative estimate of drug-likeness (QED) is 0.831. The predicted molar refractivity (Wildman–Crippen MR) is 100 cm³/mol. The van der Waals surface area contributed by atoms with Gasteiger partial charge in [-0.25, -0.2) is 4.79 Å². The highest BCUT2D eigenvalue weighted by Crippen LogP contribution is 2.38. The van der Waals surface area contributed by atoms with Gasteiger partial charge >= 0.3 is 6.09 Å². The minimum absolute atomic E-state index is 0.0941. The molecule has 0 bridgehead atoms. The fourth-order valence-corrected chi connectivity index (χ4v) is 5.07. The Kier molecular flexibility index (Phi) is 4.72. The Balaban J connectivity index is 1.55. The fourth-order valence-electron chi connectivity index (χ4n) is 3.73. The second kappa shape index (κ2) is 7.15. The van der Waals surface area contributed by atoms with Crippen molar-refractivity contribution in [2.45, 2.75) is 26.2 Å².